The molecule has 0 aliphatic heterocycles. The molecule has 14 heavy (non-hydrogen) atoms. The summed E-state index contributed by atoms with van der Waals surface area (Å²) in [7, 11) is 0. The number of benzene rings is 1. The van der Waals surface area contributed by atoms with E-state index >= 15 is 0 Å². The number of carbonyl (C=O) groups is 1. The summed E-state index contributed by atoms with van der Waals surface area (Å²) in [5.74, 6) is 0. The van der Waals surface area contributed by atoms with E-state index in [9.17, 15) is 4.79 Å². The third-order valence-electron chi connectivity index (χ3n) is 2.74. The van der Waals surface area contributed by atoms with E-state index in [0.29, 0.717) is 6.04 Å². The van der Waals surface area contributed by atoms with Crippen molar-refractivity contribution in [1.82, 2.24) is 5.32 Å². The maximum absolute atomic E-state index is 10.5. The van der Waals surface area contributed by atoms with Gasteiger partial charge in [0.15, 0.2) is 0 Å². The zero-order valence-corrected chi connectivity index (χ0v) is 8.42. The molecule has 0 aromatic heterocycles. The number of rotatable bonds is 4. The number of nitrogens with one attached hydrogen (secondary N) is 1. The SMILES string of the molecule is CCCNC1Cc2cc(C=O)ccc21. The van der Waals surface area contributed by atoms with Crippen LogP contribution in [0.2, 0.25) is 0 Å². The number of aldehydes is 1. The highest BCUT2D eigenvalue weighted by molar-refractivity contribution is 5.75. The van der Waals surface area contributed by atoms with Crippen LogP contribution in [0.5, 0.6) is 0 Å². The zero-order valence-electron chi connectivity index (χ0n) is 8.42. The lowest BCUT2D eigenvalue weighted by molar-refractivity contribution is 0.112. The van der Waals surface area contributed by atoms with Crippen LogP contribution in [0.15, 0.2) is 18.2 Å². The molecular formula is C12H15NO. The highest BCUT2D eigenvalue weighted by Crippen LogP contribution is 2.33. The number of fused-ring (bicyclic) bond motifs is 1. The van der Waals surface area contributed by atoms with Crippen molar-refractivity contribution in [3.8, 4) is 0 Å². The van der Waals surface area contributed by atoms with Crippen molar-refractivity contribution in [2.75, 3.05) is 6.54 Å². The summed E-state index contributed by atoms with van der Waals surface area (Å²) in [6, 6.07) is 6.47. The third-order valence-corrected chi connectivity index (χ3v) is 2.74. The summed E-state index contributed by atoms with van der Waals surface area (Å²) in [5, 5.41) is 3.47. The summed E-state index contributed by atoms with van der Waals surface area (Å²) in [6.45, 7) is 3.24. The number of carbonyl (C=O) groups excluding carboxylic acids is 1. The topological polar surface area (TPSA) is 29.1 Å². The maximum Gasteiger partial charge on any atom is 0.150 e. The molecule has 0 spiro atoms. The quantitative estimate of drug-likeness (QED) is 0.735. The summed E-state index contributed by atoms with van der Waals surface area (Å²) in [5.41, 5.74) is 3.48. The van der Waals surface area contributed by atoms with Gasteiger partial charge in [0.1, 0.15) is 6.29 Å². The predicted molar refractivity (Wildman–Crippen MR) is 56.6 cm³/mol. The van der Waals surface area contributed by atoms with E-state index in [4.69, 9.17) is 0 Å². The van der Waals surface area contributed by atoms with E-state index in [2.05, 4.69) is 18.3 Å². The van der Waals surface area contributed by atoms with Crippen LogP contribution in [0, 0.1) is 0 Å². The van der Waals surface area contributed by atoms with Crippen LogP contribution in [0.3, 0.4) is 0 Å². The largest absolute Gasteiger partial charge is 0.310 e. The average Bonchev–Trinajstić information content (AvgIpc) is 2.19. The first kappa shape index (κ1) is 9.41. The standard InChI is InChI=1S/C12H15NO/c1-2-5-13-12-7-10-6-9(8-14)3-4-11(10)12/h3-4,6,8,12-13H,2,5,7H2,1H3. The second kappa shape index (κ2) is 3.93. The van der Waals surface area contributed by atoms with Gasteiger partial charge in [-0.2, -0.15) is 0 Å². The van der Waals surface area contributed by atoms with Crippen molar-refractivity contribution >= 4 is 6.29 Å². The highest BCUT2D eigenvalue weighted by atomic mass is 16.1. The molecule has 1 aliphatic rings. The molecule has 0 radical (unpaired) electrons. The molecule has 1 aliphatic carbocycles. The summed E-state index contributed by atoms with van der Waals surface area (Å²) < 4.78 is 0. The van der Waals surface area contributed by atoms with E-state index < -0.39 is 0 Å². The van der Waals surface area contributed by atoms with Crippen LogP contribution in [-0.2, 0) is 6.42 Å². The molecule has 1 aromatic carbocycles. The molecule has 0 saturated carbocycles. The molecule has 1 aromatic rings. The van der Waals surface area contributed by atoms with Crippen molar-refractivity contribution in [2.24, 2.45) is 0 Å². The lowest BCUT2D eigenvalue weighted by Crippen LogP contribution is -2.31. The lowest BCUT2D eigenvalue weighted by Gasteiger charge is -2.31. The fourth-order valence-corrected chi connectivity index (χ4v) is 1.92. The second-order valence-corrected chi connectivity index (χ2v) is 3.79. The first-order valence-corrected chi connectivity index (χ1v) is 5.16. The molecule has 1 unspecified atom stereocenters. The van der Waals surface area contributed by atoms with Crippen LogP contribution >= 0.6 is 0 Å². The Kier molecular flexibility index (Phi) is 2.64. The van der Waals surface area contributed by atoms with Crippen molar-refractivity contribution < 1.29 is 4.79 Å². The minimum Gasteiger partial charge on any atom is -0.310 e. The van der Waals surface area contributed by atoms with E-state index in [0.717, 1.165) is 31.2 Å². The molecular weight excluding hydrogens is 174 g/mol. The molecule has 74 valence electrons. The molecule has 0 saturated heterocycles. The van der Waals surface area contributed by atoms with Gasteiger partial charge in [-0.05, 0) is 36.6 Å². The van der Waals surface area contributed by atoms with Gasteiger partial charge in [0.05, 0.1) is 0 Å². The number of hydrogen-bond donors (Lipinski definition) is 1. The Hall–Kier alpha value is -1.15. The highest BCUT2D eigenvalue weighted by Gasteiger charge is 2.24. The van der Waals surface area contributed by atoms with E-state index in [1.54, 1.807) is 0 Å². The number of hydrogen-bond acceptors (Lipinski definition) is 2. The van der Waals surface area contributed by atoms with E-state index in [1.807, 2.05) is 12.1 Å². The molecule has 0 fully saturated rings. The van der Waals surface area contributed by atoms with Gasteiger partial charge in [0, 0.05) is 11.6 Å². The van der Waals surface area contributed by atoms with Crippen LogP contribution < -0.4 is 5.32 Å². The van der Waals surface area contributed by atoms with Crippen LogP contribution in [-0.4, -0.2) is 12.8 Å². The first-order chi connectivity index (χ1) is 6.85. The lowest BCUT2D eigenvalue weighted by atomic mass is 9.82. The van der Waals surface area contributed by atoms with E-state index in [-0.39, 0.29) is 0 Å². The summed E-state index contributed by atoms with van der Waals surface area (Å²) in [6.07, 6.45) is 3.14. The summed E-state index contributed by atoms with van der Waals surface area (Å²) >= 11 is 0. The average molecular weight is 189 g/mol. The minimum atomic E-state index is 0.519. The van der Waals surface area contributed by atoms with Gasteiger partial charge in [-0.15, -0.1) is 0 Å². The third kappa shape index (κ3) is 1.58. The van der Waals surface area contributed by atoms with Crippen molar-refractivity contribution in [3.63, 3.8) is 0 Å². The van der Waals surface area contributed by atoms with Crippen molar-refractivity contribution in [1.29, 1.82) is 0 Å². The molecule has 1 N–H and O–H groups in total. The van der Waals surface area contributed by atoms with Crippen molar-refractivity contribution in [2.45, 2.75) is 25.8 Å². The second-order valence-electron chi connectivity index (χ2n) is 3.79. The fourth-order valence-electron chi connectivity index (χ4n) is 1.92. The fraction of sp³-hybridized carbons (Fsp3) is 0.417. The maximum atomic E-state index is 10.5. The smallest absolute Gasteiger partial charge is 0.150 e. The van der Waals surface area contributed by atoms with Crippen LogP contribution in [0.25, 0.3) is 0 Å². The van der Waals surface area contributed by atoms with Crippen LogP contribution in [0.4, 0.5) is 0 Å². The Morgan fingerprint density at radius 1 is 1.57 bits per heavy atom. The molecule has 2 nitrogen and oxygen atoms in total. The van der Waals surface area contributed by atoms with Gasteiger partial charge >= 0.3 is 0 Å². The van der Waals surface area contributed by atoms with Gasteiger partial charge in [0.2, 0.25) is 0 Å². The molecule has 0 bridgehead atoms. The molecule has 0 amide bonds. The minimum absolute atomic E-state index is 0.519. The Bertz CT molecular complexity index is 346. The Morgan fingerprint density at radius 2 is 2.43 bits per heavy atom. The van der Waals surface area contributed by atoms with Gasteiger partial charge in [-0.1, -0.05) is 19.1 Å². The molecule has 1 atom stereocenters. The Balaban J connectivity index is 2.07. The predicted octanol–water partition coefficient (Wildman–Crippen LogP) is 2.10. The van der Waals surface area contributed by atoms with Gasteiger partial charge in [-0.25, -0.2) is 0 Å². The summed E-state index contributed by atoms with van der Waals surface area (Å²) in [4.78, 5) is 10.5. The molecule has 0 heterocycles. The van der Waals surface area contributed by atoms with Gasteiger partial charge in [-0.3, -0.25) is 4.79 Å². The molecule has 2 rings (SSSR count). The van der Waals surface area contributed by atoms with Gasteiger partial charge < -0.3 is 5.32 Å². The monoisotopic (exact) mass is 189 g/mol. The van der Waals surface area contributed by atoms with Gasteiger partial charge in [0.25, 0.3) is 0 Å². The normalized spacial score (nSPS) is 18.5. The van der Waals surface area contributed by atoms with E-state index in [1.165, 1.54) is 11.1 Å². The van der Waals surface area contributed by atoms with Crippen molar-refractivity contribution in [3.05, 3.63) is 34.9 Å². The Morgan fingerprint density at radius 3 is 3.07 bits per heavy atom. The first-order valence-electron chi connectivity index (χ1n) is 5.16. The Labute approximate surface area is 84.3 Å². The molecule has 2 heteroatoms. The zero-order chi connectivity index (χ0) is 9.97. The van der Waals surface area contributed by atoms with Crippen LogP contribution in [0.1, 0.15) is 40.9 Å².